The van der Waals surface area contributed by atoms with Crippen LogP contribution in [0.1, 0.15) is 18.9 Å². The monoisotopic (exact) mass is 283 g/mol. The zero-order valence-electron chi connectivity index (χ0n) is 11.1. The van der Waals surface area contributed by atoms with Crippen molar-refractivity contribution < 1.29 is 0 Å². The van der Waals surface area contributed by atoms with E-state index in [0.29, 0.717) is 6.54 Å². The maximum Gasteiger partial charge on any atom is 0.195 e. The van der Waals surface area contributed by atoms with E-state index in [2.05, 4.69) is 28.1 Å². The average molecular weight is 284 g/mol. The Bertz CT molecular complexity index is 380. The highest BCUT2D eigenvalue weighted by molar-refractivity contribution is 5.95. The van der Waals surface area contributed by atoms with Crippen molar-refractivity contribution in [2.24, 2.45) is 0 Å². The molecule has 5 N–H and O–H groups in total. The SMILES string of the molecule is CCCNC(=N)NC(=N)NCCc1ccccc1.Cl. The number of hydrogen-bond donors (Lipinski definition) is 5. The van der Waals surface area contributed by atoms with E-state index in [-0.39, 0.29) is 24.3 Å². The molecule has 0 amide bonds. The molecule has 1 aromatic carbocycles. The standard InChI is InChI=1S/C13H21N5.ClH/c1-2-9-16-12(14)18-13(15)17-10-8-11-6-4-3-5-7-11;/h3-7H,2,8-10H2,1H3,(H5,14,15,16,17,18);1H. The first kappa shape index (κ1) is 17.2. The summed E-state index contributed by atoms with van der Waals surface area (Å²) in [6, 6.07) is 10.1. The Morgan fingerprint density at radius 3 is 2.16 bits per heavy atom. The predicted molar refractivity (Wildman–Crippen MR) is 82.3 cm³/mol. The molecule has 0 aliphatic rings. The number of rotatable bonds is 5. The van der Waals surface area contributed by atoms with Gasteiger partial charge in [0.25, 0.3) is 0 Å². The Morgan fingerprint density at radius 2 is 1.58 bits per heavy atom. The summed E-state index contributed by atoms with van der Waals surface area (Å²) in [7, 11) is 0. The summed E-state index contributed by atoms with van der Waals surface area (Å²) in [5, 5.41) is 23.6. The van der Waals surface area contributed by atoms with Gasteiger partial charge in [-0.15, -0.1) is 12.4 Å². The Morgan fingerprint density at radius 1 is 1.00 bits per heavy atom. The lowest BCUT2D eigenvalue weighted by Gasteiger charge is -2.12. The van der Waals surface area contributed by atoms with Gasteiger partial charge in [0.1, 0.15) is 0 Å². The molecule has 1 rings (SSSR count). The van der Waals surface area contributed by atoms with E-state index in [1.165, 1.54) is 5.56 Å². The summed E-state index contributed by atoms with van der Waals surface area (Å²) in [4.78, 5) is 0. The highest BCUT2D eigenvalue weighted by Crippen LogP contribution is 1.97. The fraction of sp³-hybridized carbons (Fsp3) is 0.385. The quantitative estimate of drug-likeness (QED) is 0.421. The highest BCUT2D eigenvalue weighted by atomic mass is 35.5. The first-order valence-electron chi connectivity index (χ1n) is 6.18. The Labute approximate surface area is 120 Å². The number of guanidine groups is 2. The number of halogens is 1. The summed E-state index contributed by atoms with van der Waals surface area (Å²) in [6.45, 7) is 3.45. The van der Waals surface area contributed by atoms with Gasteiger partial charge in [-0.2, -0.15) is 0 Å². The molecule has 1 aromatic rings. The maximum absolute atomic E-state index is 7.62. The smallest absolute Gasteiger partial charge is 0.195 e. The summed E-state index contributed by atoms with van der Waals surface area (Å²) in [5.74, 6) is 0.314. The molecule has 0 atom stereocenters. The zero-order chi connectivity index (χ0) is 13.2. The second-order valence-corrected chi connectivity index (χ2v) is 3.96. The third-order valence-corrected chi connectivity index (χ3v) is 2.36. The van der Waals surface area contributed by atoms with Crippen LogP contribution in [0, 0.1) is 10.8 Å². The van der Waals surface area contributed by atoms with Gasteiger partial charge in [0.05, 0.1) is 0 Å². The van der Waals surface area contributed by atoms with Crippen LogP contribution in [-0.2, 0) is 6.42 Å². The van der Waals surface area contributed by atoms with Gasteiger partial charge in [-0.05, 0) is 18.4 Å². The second-order valence-electron chi connectivity index (χ2n) is 3.96. The molecule has 0 aromatic heterocycles. The molecule has 0 unspecified atom stereocenters. The van der Waals surface area contributed by atoms with Gasteiger partial charge in [0, 0.05) is 13.1 Å². The van der Waals surface area contributed by atoms with Crippen molar-refractivity contribution >= 4 is 24.3 Å². The Hall–Kier alpha value is -1.75. The highest BCUT2D eigenvalue weighted by Gasteiger charge is 1.99. The molecule has 0 radical (unpaired) electrons. The normalized spacial score (nSPS) is 9.11. The number of benzene rings is 1. The minimum atomic E-state index is 0. The van der Waals surface area contributed by atoms with E-state index in [4.69, 9.17) is 10.8 Å². The molecular formula is C13H22ClN5. The summed E-state index contributed by atoms with van der Waals surface area (Å²) in [5.41, 5.74) is 1.23. The molecule has 0 fully saturated rings. The number of hydrogen-bond acceptors (Lipinski definition) is 2. The Balaban J connectivity index is 0.00000324. The van der Waals surface area contributed by atoms with E-state index in [1.54, 1.807) is 0 Å². The van der Waals surface area contributed by atoms with E-state index in [9.17, 15) is 0 Å². The third kappa shape index (κ3) is 8.05. The topological polar surface area (TPSA) is 83.8 Å². The molecule has 6 heteroatoms. The summed E-state index contributed by atoms with van der Waals surface area (Å²) < 4.78 is 0. The van der Waals surface area contributed by atoms with Crippen molar-refractivity contribution in [3.8, 4) is 0 Å². The lowest BCUT2D eigenvalue weighted by molar-refractivity contribution is 0.802. The van der Waals surface area contributed by atoms with Crippen LogP contribution in [0.2, 0.25) is 0 Å². The van der Waals surface area contributed by atoms with E-state index >= 15 is 0 Å². The molecule has 0 bridgehead atoms. The van der Waals surface area contributed by atoms with Gasteiger partial charge in [-0.1, -0.05) is 37.3 Å². The van der Waals surface area contributed by atoms with Gasteiger partial charge in [-0.3, -0.25) is 16.1 Å². The average Bonchev–Trinajstić information content (AvgIpc) is 2.37. The fourth-order valence-corrected chi connectivity index (χ4v) is 1.44. The molecule has 5 nitrogen and oxygen atoms in total. The van der Waals surface area contributed by atoms with Gasteiger partial charge < -0.3 is 10.6 Å². The summed E-state index contributed by atoms with van der Waals surface area (Å²) in [6.07, 6.45) is 1.82. The molecule has 0 saturated carbocycles. The second kappa shape index (κ2) is 10.2. The Kier molecular flexibility index (Phi) is 9.26. The zero-order valence-corrected chi connectivity index (χ0v) is 11.9. The van der Waals surface area contributed by atoms with Gasteiger partial charge in [0.15, 0.2) is 11.9 Å². The third-order valence-electron chi connectivity index (χ3n) is 2.36. The first-order valence-corrected chi connectivity index (χ1v) is 6.18. The van der Waals surface area contributed by atoms with Crippen molar-refractivity contribution in [1.29, 1.82) is 10.8 Å². The van der Waals surface area contributed by atoms with Gasteiger partial charge >= 0.3 is 0 Å². The van der Waals surface area contributed by atoms with E-state index in [1.807, 2.05) is 25.1 Å². The predicted octanol–water partition coefficient (Wildman–Crippen LogP) is 1.70. The van der Waals surface area contributed by atoms with Crippen molar-refractivity contribution in [1.82, 2.24) is 16.0 Å². The molecule has 0 aliphatic heterocycles. The van der Waals surface area contributed by atoms with Crippen LogP contribution in [0.3, 0.4) is 0 Å². The number of nitrogens with one attached hydrogen (secondary N) is 5. The van der Waals surface area contributed by atoms with Gasteiger partial charge in [0.2, 0.25) is 0 Å². The molecule has 0 heterocycles. The lowest BCUT2D eigenvalue weighted by atomic mass is 10.1. The van der Waals surface area contributed by atoms with Crippen LogP contribution in [0.25, 0.3) is 0 Å². The first-order chi connectivity index (χ1) is 8.72. The van der Waals surface area contributed by atoms with Crippen LogP contribution in [0.4, 0.5) is 0 Å². The van der Waals surface area contributed by atoms with E-state index < -0.39 is 0 Å². The van der Waals surface area contributed by atoms with E-state index in [0.717, 1.165) is 19.4 Å². The van der Waals surface area contributed by atoms with Crippen LogP contribution in [-0.4, -0.2) is 25.0 Å². The molecule has 19 heavy (non-hydrogen) atoms. The lowest BCUT2D eigenvalue weighted by Crippen LogP contribution is -2.46. The molecule has 0 saturated heterocycles. The molecule has 0 aliphatic carbocycles. The van der Waals surface area contributed by atoms with Crippen molar-refractivity contribution in [3.05, 3.63) is 35.9 Å². The van der Waals surface area contributed by atoms with Crippen molar-refractivity contribution in [3.63, 3.8) is 0 Å². The maximum atomic E-state index is 7.62. The van der Waals surface area contributed by atoms with Crippen LogP contribution in [0.5, 0.6) is 0 Å². The van der Waals surface area contributed by atoms with Gasteiger partial charge in [-0.25, -0.2) is 0 Å². The minimum absolute atomic E-state index is 0. The fourth-order valence-electron chi connectivity index (χ4n) is 1.44. The summed E-state index contributed by atoms with van der Waals surface area (Å²) >= 11 is 0. The molecular weight excluding hydrogens is 262 g/mol. The largest absolute Gasteiger partial charge is 0.356 e. The minimum Gasteiger partial charge on any atom is -0.356 e. The molecule has 0 spiro atoms. The van der Waals surface area contributed by atoms with Crippen molar-refractivity contribution in [2.45, 2.75) is 19.8 Å². The van der Waals surface area contributed by atoms with Crippen molar-refractivity contribution in [2.75, 3.05) is 13.1 Å². The van der Waals surface area contributed by atoms with Crippen LogP contribution < -0.4 is 16.0 Å². The van der Waals surface area contributed by atoms with Crippen LogP contribution in [0.15, 0.2) is 30.3 Å². The molecule has 106 valence electrons. The van der Waals surface area contributed by atoms with Crippen LogP contribution >= 0.6 is 12.4 Å².